The van der Waals surface area contributed by atoms with Crippen LogP contribution in [0.25, 0.3) is 0 Å². The largest absolute Gasteiger partial charge is 0.334 e. The third-order valence-corrected chi connectivity index (χ3v) is 5.56. The van der Waals surface area contributed by atoms with E-state index >= 15 is 0 Å². The van der Waals surface area contributed by atoms with Crippen molar-refractivity contribution < 1.29 is 4.79 Å². The number of fused-ring (bicyclic) bond motifs is 1. The number of anilines is 1. The van der Waals surface area contributed by atoms with Crippen molar-refractivity contribution in [3.63, 3.8) is 0 Å². The highest BCUT2D eigenvalue weighted by molar-refractivity contribution is 8.27. The normalized spacial score (nSPS) is 21.9. The zero-order chi connectivity index (χ0) is 13.6. The van der Waals surface area contributed by atoms with Crippen LogP contribution in [0.5, 0.6) is 0 Å². The first-order chi connectivity index (χ1) is 9.10. The van der Waals surface area contributed by atoms with Crippen molar-refractivity contribution in [2.75, 3.05) is 11.4 Å². The minimum atomic E-state index is -0.116. The molecule has 2 aliphatic rings. The number of rotatable bonds is 1. The Morgan fingerprint density at radius 3 is 2.84 bits per heavy atom. The molecule has 1 N–H and O–H groups in total. The van der Waals surface area contributed by atoms with Gasteiger partial charge in [-0.15, -0.1) is 0 Å². The molecule has 0 aromatic heterocycles. The van der Waals surface area contributed by atoms with Crippen LogP contribution >= 0.6 is 47.3 Å². The number of thioether (sulfide) groups is 2. The predicted molar refractivity (Wildman–Crippen MR) is 85.7 cm³/mol. The fourth-order valence-electron chi connectivity index (χ4n) is 1.99. The lowest BCUT2D eigenvalue weighted by Crippen LogP contribution is -2.22. The van der Waals surface area contributed by atoms with Crippen molar-refractivity contribution in [2.24, 2.45) is 0 Å². The van der Waals surface area contributed by atoms with Crippen LogP contribution in [0.4, 0.5) is 5.69 Å². The van der Waals surface area contributed by atoms with Crippen LogP contribution in [0, 0.1) is 0 Å². The Balaban J connectivity index is 2.09. The van der Waals surface area contributed by atoms with Gasteiger partial charge in [0, 0.05) is 16.5 Å². The standard InChI is InChI=1S/C12H9ClN2OS3/c1-2-15-7-5-6(13)3-4-8(7)18-11(15)9-10(16)14-12(17)19-9/h3-5H,2H2,1H3,(H,14,16,17). The first kappa shape index (κ1) is 13.3. The van der Waals surface area contributed by atoms with E-state index in [4.69, 9.17) is 23.8 Å². The molecule has 0 saturated carbocycles. The van der Waals surface area contributed by atoms with Gasteiger partial charge in [-0.3, -0.25) is 4.79 Å². The molecule has 0 radical (unpaired) electrons. The second-order valence-electron chi connectivity index (χ2n) is 3.94. The topological polar surface area (TPSA) is 32.3 Å². The van der Waals surface area contributed by atoms with Gasteiger partial charge in [0.2, 0.25) is 0 Å². The van der Waals surface area contributed by atoms with E-state index in [2.05, 4.69) is 10.2 Å². The molecule has 1 saturated heterocycles. The second-order valence-corrected chi connectivity index (χ2v) is 7.09. The van der Waals surface area contributed by atoms with Crippen molar-refractivity contribution in [1.82, 2.24) is 5.32 Å². The molecule has 1 amide bonds. The summed E-state index contributed by atoms with van der Waals surface area (Å²) in [6.45, 7) is 2.83. The van der Waals surface area contributed by atoms with Gasteiger partial charge in [0.25, 0.3) is 5.91 Å². The van der Waals surface area contributed by atoms with Crippen molar-refractivity contribution in [3.8, 4) is 0 Å². The van der Waals surface area contributed by atoms with Gasteiger partial charge >= 0.3 is 0 Å². The zero-order valence-electron chi connectivity index (χ0n) is 9.90. The molecule has 0 atom stereocenters. The number of thiocarbonyl (C=S) groups is 1. The summed E-state index contributed by atoms with van der Waals surface area (Å²) in [6.07, 6.45) is 0. The molecule has 3 nitrogen and oxygen atoms in total. The molecule has 0 aliphatic carbocycles. The minimum Gasteiger partial charge on any atom is -0.334 e. The summed E-state index contributed by atoms with van der Waals surface area (Å²) < 4.78 is 0.512. The van der Waals surface area contributed by atoms with E-state index in [1.807, 2.05) is 25.1 Å². The lowest BCUT2D eigenvalue weighted by molar-refractivity contribution is -0.115. The van der Waals surface area contributed by atoms with Crippen LogP contribution in [0.15, 0.2) is 33.0 Å². The summed E-state index contributed by atoms with van der Waals surface area (Å²) in [5, 5.41) is 4.29. The monoisotopic (exact) mass is 328 g/mol. The predicted octanol–water partition coefficient (Wildman–Crippen LogP) is 3.59. The highest BCUT2D eigenvalue weighted by Crippen LogP contribution is 2.50. The third kappa shape index (κ3) is 2.27. The summed E-state index contributed by atoms with van der Waals surface area (Å²) in [4.78, 5) is 15.8. The second kappa shape index (κ2) is 5.01. The zero-order valence-corrected chi connectivity index (χ0v) is 13.1. The van der Waals surface area contributed by atoms with E-state index in [9.17, 15) is 4.79 Å². The van der Waals surface area contributed by atoms with Crippen molar-refractivity contribution in [1.29, 1.82) is 0 Å². The van der Waals surface area contributed by atoms with Gasteiger partial charge in [-0.25, -0.2) is 0 Å². The number of carbonyl (C=O) groups is 1. The number of hydrogen-bond donors (Lipinski definition) is 1. The lowest BCUT2D eigenvalue weighted by Gasteiger charge is -2.18. The van der Waals surface area contributed by atoms with E-state index < -0.39 is 0 Å². The Bertz CT molecular complexity index is 629. The number of nitrogens with one attached hydrogen (secondary N) is 1. The van der Waals surface area contributed by atoms with Gasteiger partial charge in [-0.05, 0) is 25.1 Å². The number of halogens is 1. The van der Waals surface area contributed by atoms with E-state index in [0.717, 1.165) is 22.2 Å². The van der Waals surface area contributed by atoms with Crippen molar-refractivity contribution in [3.05, 3.63) is 33.2 Å². The summed E-state index contributed by atoms with van der Waals surface area (Å²) in [5.41, 5.74) is 1.05. The molecule has 0 spiro atoms. The minimum absolute atomic E-state index is 0.116. The first-order valence-electron chi connectivity index (χ1n) is 5.62. The SMILES string of the molecule is CCN1C(=C2SC(=S)NC2=O)Sc2ccc(Cl)cc21. The molecule has 2 aliphatic heterocycles. The van der Waals surface area contributed by atoms with Gasteiger partial charge in [-0.2, -0.15) is 0 Å². The van der Waals surface area contributed by atoms with Crippen LogP contribution in [0.3, 0.4) is 0 Å². The first-order valence-corrected chi connectivity index (χ1v) is 8.04. The van der Waals surface area contributed by atoms with E-state index in [0.29, 0.717) is 14.2 Å². The quantitative estimate of drug-likeness (QED) is 0.629. The molecule has 98 valence electrons. The van der Waals surface area contributed by atoms with Gasteiger partial charge in [-0.1, -0.05) is 47.3 Å². The fourth-order valence-corrected chi connectivity index (χ4v) is 4.56. The maximum absolute atomic E-state index is 11.9. The van der Waals surface area contributed by atoms with Gasteiger partial charge in [0.05, 0.1) is 5.69 Å². The molecule has 2 heterocycles. The summed E-state index contributed by atoms with van der Waals surface area (Å²) in [7, 11) is 0. The Morgan fingerprint density at radius 1 is 1.42 bits per heavy atom. The maximum Gasteiger partial charge on any atom is 0.266 e. The molecular formula is C12H9ClN2OS3. The number of benzene rings is 1. The molecule has 1 aromatic rings. The fraction of sp³-hybridized carbons (Fsp3) is 0.167. The summed E-state index contributed by atoms with van der Waals surface area (Å²) >= 11 is 14.0. The number of carbonyl (C=O) groups excluding carboxylic acids is 1. The molecule has 1 fully saturated rings. The highest BCUT2D eigenvalue weighted by atomic mass is 35.5. The Kier molecular flexibility index (Phi) is 3.51. The molecule has 0 unspecified atom stereocenters. The van der Waals surface area contributed by atoms with Crippen LogP contribution < -0.4 is 10.2 Å². The Labute approximate surface area is 129 Å². The summed E-state index contributed by atoms with van der Waals surface area (Å²) in [6, 6.07) is 5.77. The third-order valence-electron chi connectivity index (χ3n) is 2.79. The molecule has 0 bridgehead atoms. The highest BCUT2D eigenvalue weighted by Gasteiger charge is 2.33. The summed E-state index contributed by atoms with van der Waals surface area (Å²) in [5.74, 6) is -0.116. The van der Waals surface area contributed by atoms with E-state index in [1.165, 1.54) is 11.8 Å². The number of amides is 1. The van der Waals surface area contributed by atoms with Gasteiger partial charge in [0.15, 0.2) is 0 Å². The molecular weight excluding hydrogens is 320 g/mol. The van der Waals surface area contributed by atoms with E-state index in [-0.39, 0.29) is 5.91 Å². The number of nitrogens with zero attached hydrogens (tertiary/aromatic N) is 1. The molecule has 7 heteroatoms. The lowest BCUT2D eigenvalue weighted by atomic mass is 10.3. The Hall–Kier alpha value is -0.690. The van der Waals surface area contributed by atoms with Gasteiger partial charge in [0.1, 0.15) is 14.3 Å². The average molecular weight is 329 g/mol. The maximum atomic E-state index is 11.9. The van der Waals surface area contributed by atoms with Crippen molar-refractivity contribution >= 4 is 63.3 Å². The van der Waals surface area contributed by atoms with Gasteiger partial charge < -0.3 is 10.2 Å². The Morgan fingerprint density at radius 2 is 2.21 bits per heavy atom. The van der Waals surface area contributed by atoms with Crippen LogP contribution in [0.1, 0.15) is 6.92 Å². The van der Waals surface area contributed by atoms with Crippen LogP contribution in [-0.4, -0.2) is 16.8 Å². The molecule has 1 aromatic carbocycles. The molecule has 19 heavy (non-hydrogen) atoms. The van der Waals surface area contributed by atoms with Crippen molar-refractivity contribution in [2.45, 2.75) is 11.8 Å². The average Bonchev–Trinajstić information content (AvgIpc) is 2.88. The molecule has 3 rings (SSSR count). The van der Waals surface area contributed by atoms with Crippen LogP contribution in [0.2, 0.25) is 5.02 Å². The smallest absolute Gasteiger partial charge is 0.266 e. The van der Waals surface area contributed by atoms with E-state index in [1.54, 1.807) is 11.8 Å². The number of hydrogen-bond acceptors (Lipinski definition) is 5. The van der Waals surface area contributed by atoms with Crippen LogP contribution in [-0.2, 0) is 4.79 Å².